The van der Waals surface area contributed by atoms with Crippen LogP contribution >= 0.6 is 11.3 Å². The summed E-state index contributed by atoms with van der Waals surface area (Å²) in [5.41, 5.74) is -2.70. The number of imide groups is 1. The molecule has 0 aliphatic heterocycles. The number of amides is 3. The molecule has 0 bridgehead atoms. The van der Waals surface area contributed by atoms with Gasteiger partial charge in [0.05, 0.1) is 16.3 Å². The first-order chi connectivity index (χ1) is 17.2. The highest BCUT2D eigenvalue weighted by Crippen LogP contribution is 2.38. The number of hydrogen-bond donors (Lipinski definition) is 1. The monoisotopic (exact) mass is 550 g/mol. The molecule has 1 N–H and O–H groups in total. The van der Waals surface area contributed by atoms with Gasteiger partial charge in [0.25, 0.3) is 0 Å². The van der Waals surface area contributed by atoms with E-state index in [4.69, 9.17) is 14.2 Å². The second-order valence-corrected chi connectivity index (χ2v) is 12.3. The van der Waals surface area contributed by atoms with E-state index in [0.29, 0.717) is 4.90 Å². The zero-order chi connectivity index (χ0) is 29.2. The predicted molar refractivity (Wildman–Crippen MR) is 142 cm³/mol. The summed E-state index contributed by atoms with van der Waals surface area (Å²) < 4.78 is 16.1. The Hall–Kier alpha value is -3.74. The molecular weight excluding hydrogens is 516 g/mol. The number of rotatable bonds is 4. The smallest absolute Gasteiger partial charge is 0.424 e. The summed E-state index contributed by atoms with van der Waals surface area (Å²) in [6, 6.07) is 2.82. The summed E-state index contributed by atoms with van der Waals surface area (Å²) in [6.07, 6.45) is -1.51. The van der Waals surface area contributed by atoms with Gasteiger partial charge in [0.15, 0.2) is 0 Å². The zero-order valence-corrected chi connectivity index (χ0v) is 24.1. The van der Waals surface area contributed by atoms with Gasteiger partial charge >= 0.3 is 24.2 Å². The third-order valence-corrected chi connectivity index (χ3v) is 5.30. The van der Waals surface area contributed by atoms with Crippen LogP contribution in [0.5, 0.6) is 0 Å². The first-order valence-electron chi connectivity index (χ1n) is 11.6. The van der Waals surface area contributed by atoms with Crippen LogP contribution in [-0.4, -0.2) is 63.2 Å². The topological polar surface area (TPSA) is 148 Å². The van der Waals surface area contributed by atoms with E-state index in [1.54, 1.807) is 62.3 Å². The number of aromatic carboxylic acids is 1. The third-order valence-electron chi connectivity index (χ3n) is 4.16. The summed E-state index contributed by atoms with van der Waals surface area (Å²) in [5.74, 6) is -1.38. The van der Waals surface area contributed by atoms with Gasteiger partial charge < -0.3 is 19.3 Å². The molecule has 0 aliphatic carbocycles. The minimum atomic E-state index is -1.38. The van der Waals surface area contributed by atoms with Crippen LogP contribution < -0.4 is 9.80 Å². The van der Waals surface area contributed by atoms with Crippen LogP contribution in [0.15, 0.2) is 18.3 Å². The molecule has 208 valence electrons. The number of anilines is 2. The lowest BCUT2D eigenvalue weighted by atomic mass is 10.2. The van der Waals surface area contributed by atoms with E-state index < -0.39 is 41.1 Å². The lowest BCUT2D eigenvalue weighted by Crippen LogP contribution is -2.44. The quantitative estimate of drug-likeness (QED) is 0.452. The van der Waals surface area contributed by atoms with Gasteiger partial charge in [0.1, 0.15) is 21.7 Å². The van der Waals surface area contributed by atoms with Crippen LogP contribution in [-0.2, 0) is 14.2 Å². The predicted octanol–water partition coefficient (Wildman–Crippen LogP) is 5.95. The molecule has 2 aromatic heterocycles. The van der Waals surface area contributed by atoms with E-state index in [1.165, 1.54) is 25.4 Å². The average molecular weight is 551 g/mol. The van der Waals surface area contributed by atoms with Crippen LogP contribution in [0.25, 0.3) is 10.6 Å². The zero-order valence-electron chi connectivity index (χ0n) is 23.2. The maximum absolute atomic E-state index is 13.1. The van der Waals surface area contributed by atoms with Crippen molar-refractivity contribution < 1.29 is 38.5 Å². The molecular formula is C25H34N4O8S. The number of carboxylic acids is 1. The Labute approximate surface area is 225 Å². The molecule has 0 aromatic carbocycles. The van der Waals surface area contributed by atoms with Gasteiger partial charge in [-0.25, -0.2) is 34.0 Å². The average Bonchev–Trinajstić information content (AvgIpc) is 3.14. The van der Waals surface area contributed by atoms with Crippen LogP contribution in [0, 0.1) is 0 Å². The molecule has 3 amide bonds. The Morgan fingerprint density at radius 1 is 0.842 bits per heavy atom. The summed E-state index contributed by atoms with van der Waals surface area (Å²) in [4.78, 5) is 60.8. The molecule has 0 saturated carbocycles. The number of carbonyl (C=O) groups is 4. The Bertz CT molecular complexity index is 1190. The highest BCUT2D eigenvalue weighted by molar-refractivity contribution is 7.18. The number of aromatic nitrogens is 2. The Balaban J connectivity index is 2.59. The second-order valence-electron chi connectivity index (χ2n) is 11.2. The number of thiophene rings is 1. The maximum Gasteiger partial charge on any atom is 0.424 e. The molecule has 0 spiro atoms. The van der Waals surface area contributed by atoms with Crippen molar-refractivity contribution in [1.29, 1.82) is 0 Å². The number of carbonyl (C=O) groups excluding carboxylic acids is 3. The number of nitrogens with zero attached hydrogens (tertiary/aromatic N) is 4. The molecule has 0 fully saturated rings. The molecule has 2 aromatic rings. The fourth-order valence-electron chi connectivity index (χ4n) is 2.77. The van der Waals surface area contributed by atoms with Crippen molar-refractivity contribution in [2.75, 3.05) is 16.8 Å². The molecule has 0 aliphatic rings. The summed E-state index contributed by atoms with van der Waals surface area (Å²) in [5, 5.41) is 9.90. The fourth-order valence-corrected chi connectivity index (χ4v) is 3.72. The van der Waals surface area contributed by atoms with Crippen molar-refractivity contribution in [3.05, 3.63) is 23.2 Å². The fraction of sp³-hybridized carbons (Fsp3) is 0.520. The van der Waals surface area contributed by atoms with Crippen LogP contribution in [0.2, 0.25) is 0 Å². The minimum absolute atomic E-state index is 0.000263. The molecule has 2 heterocycles. The second kappa shape index (κ2) is 10.9. The van der Waals surface area contributed by atoms with Crippen LogP contribution in [0.3, 0.4) is 0 Å². The van der Waals surface area contributed by atoms with Crippen molar-refractivity contribution >= 4 is 47.2 Å². The highest BCUT2D eigenvalue weighted by Gasteiger charge is 2.36. The van der Waals surface area contributed by atoms with Gasteiger partial charge in [-0.1, -0.05) is 0 Å². The Morgan fingerprint density at radius 3 is 1.76 bits per heavy atom. The third kappa shape index (κ3) is 8.40. The molecule has 13 heteroatoms. The van der Waals surface area contributed by atoms with Gasteiger partial charge in [-0.15, -0.1) is 11.3 Å². The van der Waals surface area contributed by atoms with Crippen LogP contribution in [0.4, 0.5) is 26.0 Å². The number of ether oxygens (including phenoxy) is 3. The molecule has 0 radical (unpaired) electrons. The normalized spacial score (nSPS) is 11.9. The van der Waals surface area contributed by atoms with Gasteiger partial charge in [-0.05, 0) is 74.4 Å². The SMILES string of the molecule is CN(C(=O)OC(C)(C)C)c1nccc(-c2cc(N(C(=O)OC(C)(C)C)C(=O)OC(C)(C)C)c(C(=O)O)s2)n1. The summed E-state index contributed by atoms with van der Waals surface area (Å²) in [7, 11) is 1.43. The lowest BCUT2D eigenvalue weighted by molar-refractivity contribution is 0.0429. The molecule has 0 unspecified atom stereocenters. The van der Waals surface area contributed by atoms with Gasteiger partial charge in [-0.2, -0.15) is 4.90 Å². The summed E-state index contributed by atoms with van der Waals surface area (Å²) in [6.45, 7) is 14.8. The van der Waals surface area contributed by atoms with E-state index in [2.05, 4.69) is 9.97 Å². The summed E-state index contributed by atoms with van der Waals surface area (Å²) >= 11 is 0.777. The largest absolute Gasteiger partial charge is 0.477 e. The van der Waals surface area contributed by atoms with Gasteiger partial charge in [0, 0.05) is 13.2 Å². The first kappa shape index (κ1) is 30.5. The molecule has 0 atom stereocenters. The van der Waals surface area contributed by atoms with Crippen molar-refractivity contribution in [3.63, 3.8) is 0 Å². The van der Waals surface area contributed by atoms with Crippen LogP contribution in [0.1, 0.15) is 72.0 Å². The molecule has 38 heavy (non-hydrogen) atoms. The Kier molecular flexibility index (Phi) is 8.77. The number of hydrogen-bond acceptors (Lipinski definition) is 10. The molecule has 12 nitrogen and oxygen atoms in total. The maximum atomic E-state index is 13.1. The van der Waals surface area contributed by atoms with Gasteiger partial charge in [-0.3, -0.25) is 0 Å². The van der Waals surface area contributed by atoms with E-state index in [0.717, 1.165) is 16.2 Å². The standard InChI is InChI=1S/C25H34N4O8S/c1-23(2,3)35-20(32)28(10)19-26-12-11-14(27-19)16-13-15(17(38-16)18(30)31)29(21(33)36-24(4,5)6)22(34)37-25(7,8)9/h11-13H,1-10H3,(H,30,31). The number of carboxylic acid groups (broad SMARTS) is 1. The lowest BCUT2D eigenvalue weighted by Gasteiger charge is -2.28. The van der Waals surface area contributed by atoms with Crippen molar-refractivity contribution in [1.82, 2.24) is 9.97 Å². The van der Waals surface area contributed by atoms with Crippen molar-refractivity contribution in [2.24, 2.45) is 0 Å². The molecule has 0 saturated heterocycles. The van der Waals surface area contributed by atoms with Crippen molar-refractivity contribution in [2.45, 2.75) is 79.1 Å². The molecule has 2 rings (SSSR count). The Morgan fingerprint density at radius 2 is 1.32 bits per heavy atom. The van der Waals surface area contributed by atoms with E-state index >= 15 is 0 Å². The highest BCUT2D eigenvalue weighted by atomic mass is 32.1. The minimum Gasteiger partial charge on any atom is -0.477 e. The first-order valence-corrected chi connectivity index (χ1v) is 12.4. The van der Waals surface area contributed by atoms with E-state index in [1.807, 2.05) is 0 Å². The van der Waals surface area contributed by atoms with E-state index in [-0.39, 0.29) is 27.1 Å². The van der Waals surface area contributed by atoms with Gasteiger partial charge in [0.2, 0.25) is 5.95 Å². The van der Waals surface area contributed by atoms with E-state index in [9.17, 15) is 24.3 Å². The van der Waals surface area contributed by atoms with Crippen molar-refractivity contribution in [3.8, 4) is 10.6 Å².